The van der Waals surface area contributed by atoms with E-state index in [0.29, 0.717) is 26.1 Å². The number of unbranched alkanes of at least 4 members (excludes halogenated alkanes) is 13. The van der Waals surface area contributed by atoms with Gasteiger partial charge in [0.1, 0.15) is 0 Å². The minimum absolute atomic E-state index is 0.185. The van der Waals surface area contributed by atoms with Crippen molar-refractivity contribution in [2.45, 2.75) is 158 Å². The fourth-order valence-corrected chi connectivity index (χ4v) is 4.97. The number of hydrogen-bond acceptors (Lipinski definition) is 4. The maximum absolute atomic E-state index is 12.9. The first-order chi connectivity index (χ1) is 16.6. The monoisotopic (exact) mass is 496 g/mol. The molecule has 1 atom stereocenters. The quantitative estimate of drug-likeness (QED) is 0.0850. The number of carbonyl (C=O) groups is 2. The topological polar surface area (TPSA) is 52.6 Å². The highest BCUT2D eigenvalue weighted by Crippen LogP contribution is 2.31. The third-order valence-corrected chi connectivity index (χ3v) is 7.18. The lowest BCUT2D eigenvalue weighted by Crippen LogP contribution is -2.41. The molecule has 35 heavy (non-hydrogen) atoms. The van der Waals surface area contributed by atoms with E-state index in [1.54, 1.807) is 0 Å². The molecule has 1 unspecified atom stereocenters. The fourth-order valence-electron chi connectivity index (χ4n) is 4.97. The Hall–Kier alpha value is -1.06. The minimum Gasteiger partial charge on any atom is -0.465 e. The molecule has 0 saturated carbocycles. The second-order valence-electron chi connectivity index (χ2n) is 12.0. The number of hydrogen-bond donors (Lipinski definition) is 0. The van der Waals surface area contributed by atoms with E-state index in [1.165, 1.54) is 77.0 Å². The zero-order valence-electron chi connectivity index (χ0n) is 24.6. The van der Waals surface area contributed by atoms with Crippen molar-refractivity contribution in [2.75, 3.05) is 13.2 Å². The molecule has 0 aliphatic carbocycles. The largest absolute Gasteiger partial charge is 0.465 e. The van der Waals surface area contributed by atoms with Gasteiger partial charge in [0.2, 0.25) is 0 Å². The molecule has 0 aromatic heterocycles. The van der Waals surface area contributed by atoms with E-state index in [0.717, 1.165) is 19.3 Å². The summed E-state index contributed by atoms with van der Waals surface area (Å²) < 4.78 is 11.2. The Labute approximate surface area is 218 Å². The number of carbonyl (C=O) groups excluding carboxylic acids is 2. The van der Waals surface area contributed by atoms with Crippen LogP contribution < -0.4 is 0 Å². The number of rotatable bonds is 22. The van der Waals surface area contributed by atoms with Crippen LogP contribution in [-0.2, 0) is 19.1 Å². The molecule has 4 nitrogen and oxygen atoms in total. The normalized spacial score (nSPS) is 13.0. The van der Waals surface area contributed by atoms with Crippen LogP contribution >= 0.6 is 0 Å². The highest BCUT2D eigenvalue weighted by molar-refractivity contribution is 6.00. The van der Waals surface area contributed by atoms with Gasteiger partial charge in [0.15, 0.2) is 5.41 Å². The summed E-state index contributed by atoms with van der Waals surface area (Å²) in [6.45, 7) is 15.4. The smallest absolute Gasteiger partial charge is 0.323 e. The van der Waals surface area contributed by atoms with E-state index >= 15 is 0 Å². The Kier molecular flexibility index (Phi) is 19.4. The molecule has 0 radical (unpaired) electrons. The first-order valence-electron chi connectivity index (χ1n) is 15.0. The van der Waals surface area contributed by atoms with Crippen molar-refractivity contribution >= 4 is 11.9 Å². The van der Waals surface area contributed by atoms with Gasteiger partial charge in [-0.25, -0.2) is 0 Å². The zero-order chi connectivity index (χ0) is 26.6. The average molecular weight is 497 g/mol. The molecule has 0 N–H and O–H groups in total. The molecule has 0 amide bonds. The van der Waals surface area contributed by atoms with Crippen LogP contribution in [0.4, 0.5) is 0 Å². The third kappa shape index (κ3) is 16.3. The minimum atomic E-state index is -1.17. The molecule has 0 saturated heterocycles. The van der Waals surface area contributed by atoms with Gasteiger partial charge in [-0.15, -0.1) is 0 Å². The summed E-state index contributed by atoms with van der Waals surface area (Å²) in [5.41, 5.74) is -0.984. The molecule has 0 aliphatic rings. The van der Waals surface area contributed by atoms with Crippen LogP contribution in [0.25, 0.3) is 0 Å². The summed E-state index contributed by atoms with van der Waals surface area (Å²) in [4.78, 5) is 25.7. The van der Waals surface area contributed by atoms with E-state index in [9.17, 15) is 9.59 Å². The second-order valence-corrected chi connectivity index (χ2v) is 12.0. The van der Waals surface area contributed by atoms with Crippen molar-refractivity contribution in [3.05, 3.63) is 0 Å². The third-order valence-electron chi connectivity index (χ3n) is 7.18. The Morgan fingerprint density at radius 1 is 0.629 bits per heavy atom. The summed E-state index contributed by atoms with van der Waals surface area (Å²) in [7, 11) is 0. The molecule has 0 heterocycles. The maximum Gasteiger partial charge on any atom is 0.323 e. The standard InChI is InChI=1S/C31H60O4/c1-8-11-12-13-14-15-16-17-18-19-20-21-22-23-24-34-28(32)31(9-2,10-3)29(33)35-26-27(4)25-30(5,6)7/h27H,8-26H2,1-7H3. The van der Waals surface area contributed by atoms with Crippen LogP contribution in [0.2, 0.25) is 0 Å². The molecule has 0 rings (SSSR count). The fraction of sp³-hybridized carbons (Fsp3) is 0.935. The lowest BCUT2D eigenvalue weighted by atomic mass is 9.82. The molecular weight excluding hydrogens is 436 g/mol. The summed E-state index contributed by atoms with van der Waals surface area (Å²) in [6, 6.07) is 0. The first-order valence-corrected chi connectivity index (χ1v) is 15.0. The van der Waals surface area contributed by atoms with Crippen molar-refractivity contribution in [2.24, 2.45) is 16.7 Å². The zero-order valence-corrected chi connectivity index (χ0v) is 24.6. The van der Waals surface area contributed by atoms with Crippen molar-refractivity contribution in [3.63, 3.8) is 0 Å². The Morgan fingerprint density at radius 3 is 1.43 bits per heavy atom. The summed E-state index contributed by atoms with van der Waals surface area (Å²) in [6.07, 6.45) is 19.9. The second kappa shape index (κ2) is 20.0. The average Bonchev–Trinajstić information content (AvgIpc) is 2.80. The predicted octanol–water partition coefficient (Wildman–Crippen LogP) is 9.43. The highest BCUT2D eigenvalue weighted by atomic mass is 16.6. The Morgan fingerprint density at radius 2 is 1.03 bits per heavy atom. The van der Waals surface area contributed by atoms with Gasteiger partial charge in [0, 0.05) is 0 Å². The molecule has 0 fully saturated rings. The van der Waals surface area contributed by atoms with Crippen molar-refractivity contribution in [3.8, 4) is 0 Å². The van der Waals surface area contributed by atoms with Crippen molar-refractivity contribution in [1.29, 1.82) is 0 Å². The van der Waals surface area contributed by atoms with Crippen LogP contribution in [-0.4, -0.2) is 25.2 Å². The van der Waals surface area contributed by atoms with Crippen LogP contribution in [0, 0.1) is 16.7 Å². The van der Waals surface area contributed by atoms with E-state index in [4.69, 9.17) is 9.47 Å². The van der Waals surface area contributed by atoms with Gasteiger partial charge in [-0.05, 0) is 37.0 Å². The summed E-state index contributed by atoms with van der Waals surface area (Å²) in [5.74, 6) is -0.572. The molecular formula is C31H60O4. The molecule has 0 aliphatic heterocycles. The first kappa shape index (κ1) is 33.9. The number of esters is 2. The van der Waals surface area contributed by atoms with Crippen LogP contribution in [0.1, 0.15) is 158 Å². The molecule has 4 heteroatoms. The molecule has 0 bridgehead atoms. The van der Waals surface area contributed by atoms with Gasteiger partial charge in [-0.2, -0.15) is 0 Å². The Balaban J connectivity index is 4.02. The lowest BCUT2D eigenvalue weighted by Gasteiger charge is -2.28. The van der Waals surface area contributed by atoms with E-state index in [2.05, 4.69) is 34.6 Å². The summed E-state index contributed by atoms with van der Waals surface area (Å²) >= 11 is 0. The molecule has 0 spiro atoms. The summed E-state index contributed by atoms with van der Waals surface area (Å²) in [5, 5.41) is 0. The van der Waals surface area contributed by atoms with Crippen LogP contribution in [0.15, 0.2) is 0 Å². The number of ether oxygens (including phenoxy) is 2. The van der Waals surface area contributed by atoms with Crippen molar-refractivity contribution in [1.82, 2.24) is 0 Å². The van der Waals surface area contributed by atoms with Gasteiger partial charge in [-0.3, -0.25) is 9.59 Å². The van der Waals surface area contributed by atoms with Gasteiger partial charge in [-0.1, -0.05) is 132 Å². The highest BCUT2D eigenvalue weighted by Gasteiger charge is 2.46. The van der Waals surface area contributed by atoms with E-state index < -0.39 is 17.4 Å². The van der Waals surface area contributed by atoms with Crippen LogP contribution in [0.5, 0.6) is 0 Å². The van der Waals surface area contributed by atoms with Crippen LogP contribution in [0.3, 0.4) is 0 Å². The van der Waals surface area contributed by atoms with Crippen molar-refractivity contribution < 1.29 is 19.1 Å². The maximum atomic E-state index is 12.9. The van der Waals surface area contributed by atoms with Gasteiger partial charge < -0.3 is 9.47 Å². The molecule has 208 valence electrons. The van der Waals surface area contributed by atoms with Gasteiger partial charge in [0.25, 0.3) is 0 Å². The molecule has 0 aromatic carbocycles. The van der Waals surface area contributed by atoms with Gasteiger partial charge >= 0.3 is 11.9 Å². The molecule has 0 aromatic rings. The van der Waals surface area contributed by atoms with E-state index in [1.807, 2.05) is 13.8 Å². The van der Waals surface area contributed by atoms with E-state index in [-0.39, 0.29) is 11.3 Å². The SMILES string of the molecule is CCCCCCCCCCCCCCCCOC(=O)C(CC)(CC)C(=O)OCC(C)CC(C)(C)C. The predicted molar refractivity (Wildman–Crippen MR) is 148 cm³/mol. The Bertz CT molecular complexity index is 531. The lowest BCUT2D eigenvalue weighted by molar-refractivity contribution is -0.174. The van der Waals surface area contributed by atoms with Gasteiger partial charge in [0.05, 0.1) is 13.2 Å².